The molecule has 2 aromatic rings. The molecule has 0 aliphatic heterocycles. The fourth-order valence-electron chi connectivity index (χ4n) is 3.27. The van der Waals surface area contributed by atoms with E-state index in [1.54, 1.807) is 18.6 Å². The minimum Gasteiger partial charge on any atom is -0.361 e. The highest BCUT2D eigenvalue weighted by molar-refractivity contribution is 6.76. The topological polar surface area (TPSA) is 61.2 Å². The lowest BCUT2D eigenvalue weighted by Crippen LogP contribution is -2.22. The Morgan fingerprint density at radius 2 is 2.03 bits per heavy atom. The van der Waals surface area contributed by atoms with Gasteiger partial charge in [0.2, 0.25) is 0 Å². The maximum absolute atomic E-state index is 14.3. The molecule has 0 saturated heterocycles. The van der Waals surface area contributed by atoms with Gasteiger partial charge in [-0.25, -0.2) is 9.37 Å². The van der Waals surface area contributed by atoms with E-state index in [9.17, 15) is 14.0 Å². The molecule has 30 heavy (non-hydrogen) atoms. The number of ketones is 2. The van der Waals surface area contributed by atoms with Gasteiger partial charge in [0.25, 0.3) is 0 Å². The largest absolute Gasteiger partial charge is 0.361 e. The van der Waals surface area contributed by atoms with Crippen molar-refractivity contribution in [2.75, 3.05) is 6.61 Å². The van der Waals surface area contributed by atoms with Crippen molar-refractivity contribution in [1.82, 2.24) is 9.55 Å². The molecule has 1 aliphatic rings. The number of ether oxygens (including phenoxy) is 1. The van der Waals surface area contributed by atoms with E-state index in [0.29, 0.717) is 25.7 Å². The zero-order chi connectivity index (χ0) is 21.7. The normalized spacial score (nSPS) is 14.1. The fourth-order valence-corrected chi connectivity index (χ4v) is 4.03. The van der Waals surface area contributed by atoms with Crippen molar-refractivity contribution < 1.29 is 18.7 Å². The number of carbonyl (C=O) groups is 2. The average molecular weight is 431 g/mol. The first-order valence-corrected chi connectivity index (χ1v) is 14.3. The highest BCUT2D eigenvalue weighted by Gasteiger charge is 2.25. The Kier molecular flexibility index (Phi) is 7.36. The third-order valence-corrected chi connectivity index (χ3v) is 7.09. The first-order chi connectivity index (χ1) is 14.2. The summed E-state index contributed by atoms with van der Waals surface area (Å²) in [6.07, 6.45) is 5.97. The zero-order valence-corrected chi connectivity index (χ0v) is 19.1. The SMILES string of the molecule is C[Si](C)(C)CCOCn1cncc1CCC(=O)CC(=O)c1ccc(C2CC2)cc1F. The lowest BCUT2D eigenvalue weighted by molar-refractivity contribution is -0.118. The van der Waals surface area contributed by atoms with Gasteiger partial charge in [-0.2, -0.15) is 0 Å². The predicted molar refractivity (Wildman–Crippen MR) is 117 cm³/mol. The van der Waals surface area contributed by atoms with Crippen LogP contribution in [0.3, 0.4) is 0 Å². The second-order valence-electron chi connectivity index (χ2n) is 9.35. The van der Waals surface area contributed by atoms with Gasteiger partial charge in [-0.05, 0) is 48.9 Å². The summed E-state index contributed by atoms with van der Waals surface area (Å²) in [5, 5.41) is 0. The van der Waals surface area contributed by atoms with Crippen molar-refractivity contribution in [3.05, 3.63) is 53.4 Å². The number of hydrogen-bond donors (Lipinski definition) is 0. The van der Waals surface area contributed by atoms with Gasteiger partial charge in [-0.15, -0.1) is 0 Å². The molecule has 0 bridgehead atoms. The van der Waals surface area contributed by atoms with Crippen molar-refractivity contribution in [2.24, 2.45) is 0 Å². The monoisotopic (exact) mass is 430 g/mol. The summed E-state index contributed by atoms with van der Waals surface area (Å²) in [5.41, 5.74) is 1.84. The van der Waals surface area contributed by atoms with E-state index in [1.807, 2.05) is 4.57 Å². The molecule has 0 N–H and O–H groups in total. The first-order valence-electron chi connectivity index (χ1n) is 10.6. The summed E-state index contributed by atoms with van der Waals surface area (Å²) in [6, 6.07) is 5.86. The molecule has 1 fully saturated rings. The number of imidazole rings is 1. The van der Waals surface area contributed by atoms with Crippen LogP contribution in [-0.2, 0) is 22.7 Å². The molecule has 1 heterocycles. The van der Waals surface area contributed by atoms with Crippen LogP contribution in [-0.4, -0.2) is 35.8 Å². The molecule has 3 rings (SSSR count). The van der Waals surface area contributed by atoms with Crippen LogP contribution in [0.5, 0.6) is 0 Å². The molecular formula is C23H31FN2O3Si. The third kappa shape index (κ3) is 6.70. The van der Waals surface area contributed by atoms with E-state index < -0.39 is 19.7 Å². The first kappa shape index (κ1) is 22.6. The minimum absolute atomic E-state index is 0.00795. The molecular weight excluding hydrogens is 399 g/mol. The molecule has 0 spiro atoms. The van der Waals surface area contributed by atoms with Gasteiger partial charge in [0, 0.05) is 33.0 Å². The maximum Gasteiger partial charge on any atom is 0.173 e. The molecule has 1 aromatic carbocycles. The second kappa shape index (κ2) is 9.79. The average Bonchev–Trinajstić information content (AvgIpc) is 3.42. The van der Waals surface area contributed by atoms with Crippen molar-refractivity contribution in [2.45, 2.75) is 70.4 Å². The molecule has 1 aliphatic carbocycles. The van der Waals surface area contributed by atoms with E-state index in [0.717, 1.165) is 30.1 Å². The number of aromatic nitrogens is 2. The van der Waals surface area contributed by atoms with E-state index >= 15 is 0 Å². The Balaban J connectivity index is 1.46. The summed E-state index contributed by atoms with van der Waals surface area (Å²) in [4.78, 5) is 28.8. The van der Waals surface area contributed by atoms with Crippen molar-refractivity contribution >= 4 is 19.6 Å². The number of Topliss-reactive ketones (excluding diaryl/α,β-unsaturated/α-hetero) is 2. The molecule has 0 atom stereocenters. The van der Waals surface area contributed by atoms with Crippen LogP contribution in [0.15, 0.2) is 30.7 Å². The van der Waals surface area contributed by atoms with Gasteiger partial charge in [-0.1, -0.05) is 25.7 Å². The summed E-state index contributed by atoms with van der Waals surface area (Å²) in [7, 11) is -1.13. The zero-order valence-electron chi connectivity index (χ0n) is 18.1. The number of carbonyl (C=O) groups excluding carboxylic acids is 2. The molecule has 5 nitrogen and oxygen atoms in total. The second-order valence-corrected chi connectivity index (χ2v) is 15.0. The highest BCUT2D eigenvalue weighted by atomic mass is 28.3. The summed E-state index contributed by atoms with van der Waals surface area (Å²) >= 11 is 0. The summed E-state index contributed by atoms with van der Waals surface area (Å²) < 4.78 is 21.9. The number of halogens is 1. The fraction of sp³-hybridized carbons (Fsp3) is 0.522. The molecule has 0 unspecified atom stereocenters. The van der Waals surface area contributed by atoms with Crippen LogP contribution in [0.2, 0.25) is 25.7 Å². The van der Waals surface area contributed by atoms with Crippen LogP contribution in [0.25, 0.3) is 0 Å². The number of nitrogens with zero attached hydrogens (tertiary/aromatic N) is 2. The predicted octanol–water partition coefficient (Wildman–Crippen LogP) is 4.99. The standard InChI is InChI=1S/C23H31FN2O3Si/c1-30(2,3)11-10-29-16-26-15-25-14-19(26)7-8-20(27)13-23(28)21-9-6-18(12-22(21)24)17-4-5-17/h6,9,12,14-15,17H,4-5,7-8,10-11,13,16H2,1-3H3. The summed E-state index contributed by atoms with van der Waals surface area (Å²) in [6.45, 7) is 8.04. The molecule has 162 valence electrons. The van der Waals surface area contributed by atoms with Crippen molar-refractivity contribution in [3.63, 3.8) is 0 Å². The smallest absolute Gasteiger partial charge is 0.173 e. The maximum atomic E-state index is 14.3. The Bertz CT molecular complexity index is 900. The number of rotatable bonds is 12. The van der Waals surface area contributed by atoms with E-state index in [4.69, 9.17) is 4.74 Å². The van der Waals surface area contributed by atoms with Crippen molar-refractivity contribution in [3.8, 4) is 0 Å². The number of benzene rings is 1. The van der Waals surface area contributed by atoms with Gasteiger partial charge in [0.1, 0.15) is 18.3 Å². The Morgan fingerprint density at radius 3 is 2.70 bits per heavy atom. The Hall–Kier alpha value is -2.12. The van der Waals surface area contributed by atoms with Gasteiger partial charge in [0.15, 0.2) is 5.78 Å². The quantitative estimate of drug-likeness (QED) is 0.206. The van der Waals surface area contributed by atoms with Crippen molar-refractivity contribution in [1.29, 1.82) is 0 Å². The summed E-state index contributed by atoms with van der Waals surface area (Å²) in [5.74, 6) is -0.749. The van der Waals surface area contributed by atoms with Crippen LogP contribution in [0, 0.1) is 5.82 Å². The van der Waals surface area contributed by atoms with Crippen LogP contribution in [0.4, 0.5) is 4.39 Å². The van der Waals surface area contributed by atoms with Crippen LogP contribution >= 0.6 is 0 Å². The molecule has 0 radical (unpaired) electrons. The lowest BCUT2D eigenvalue weighted by Gasteiger charge is -2.16. The number of aryl methyl sites for hydroxylation is 1. The van der Waals surface area contributed by atoms with E-state index in [1.165, 1.54) is 12.1 Å². The molecule has 1 saturated carbocycles. The van der Waals surface area contributed by atoms with Gasteiger partial charge < -0.3 is 9.30 Å². The van der Waals surface area contributed by atoms with Crippen LogP contribution in [0.1, 0.15) is 53.2 Å². The van der Waals surface area contributed by atoms with Gasteiger partial charge in [0.05, 0.1) is 18.3 Å². The molecule has 1 aromatic heterocycles. The van der Waals surface area contributed by atoms with Gasteiger partial charge in [-0.3, -0.25) is 9.59 Å². The van der Waals surface area contributed by atoms with Gasteiger partial charge >= 0.3 is 0 Å². The molecule has 7 heteroatoms. The minimum atomic E-state index is -1.13. The lowest BCUT2D eigenvalue weighted by atomic mass is 10.00. The van der Waals surface area contributed by atoms with E-state index in [2.05, 4.69) is 24.6 Å². The number of hydrogen-bond acceptors (Lipinski definition) is 4. The van der Waals surface area contributed by atoms with E-state index in [-0.39, 0.29) is 24.2 Å². The Labute approximate surface area is 178 Å². The Morgan fingerprint density at radius 1 is 1.27 bits per heavy atom. The molecule has 0 amide bonds. The highest BCUT2D eigenvalue weighted by Crippen LogP contribution is 2.40. The third-order valence-electron chi connectivity index (χ3n) is 5.39. The van der Waals surface area contributed by atoms with Crippen LogP contribution < -0.4 is 0 Å².